The maximum Gasteiger partial charge on any atom is 0.289 e. The Morgan fingerprint density at radius 1 is 1.50 bits per heavy atom. The van der Waals surface area contributed by atoms with Gasteiger partial charge in [-0.25, -0.2) is 8.42 Å². The average molecular weight is 321 g/mol. The molecule has 1 aliphatic rings. The Morgan fingerprint density at radius 2 is 2.20 bits per heavy atom. The molecular weight excluding hydrogens is 308 g/mol. The molecule has 1 aromatic carbocycles. The summed E-state index contributed by atoms with van der Waals surface area (Å²) >= 11 is 5.67. The van der Waals surface area contributed by atoms with Gasteiger partial charge in [-0.3, -0.25) is 10.1 Å². The Hall–Kier alpha value is -1.22. The first-order valence-electron chi connectivity index (χ1n) is 5.94. The predicted molar refractivity (Wildman–Crippen MR) is 72.1 cm³/mol. The molecule has 0 unspecified atom stereocenters. The lowest BCUT2D eigenvalue weighted by Crippen LogP contribution is -2.37. The number of rotatable bonds is 4. The zero-order chi connectivity index (χ0) is 14.9. The number of nitro groups is 1. The van der Waals surface area contributed by atoms with Crippen LogP contribution in [0.5, 0.6) is 0 Å². The molecule has 9 heteroatoms. The molecule has 1 aliphatic heterocycles. The van der Waals surface area contributed by atoms with Crippen LogP contribution in [-0.4, -0.2) is 41.9 Å². The lowest BCUT2D eigenvalue weighted by atomic mass is 10.2. The van der Waals surface area contributed by atoms with Gasteiger partial charge >= 0.3 is 0 Å². The van der Waals surface area contributed by atoms with Gasteiger partial charge in [-0.15, -0.1) is 0 Å². The van der Waals surface area contributed by atoms with Crippen molar-refractivity contribution in [2.75, 3.05) is 13.2 Å². The summed E-state index contributed by atoms with van der Waals surface area (Å²) in [6.07, 6.45) is 1.23. The van der Waals surface area contributed by atoms with Crippen LogP contribution in [0.4, 0.5) is 5.69 Å². The summed E-state index contributed by atoms with van der Waals surface area (Å²) in [6, 6.07) is 2.90. The summed E-state index contributed by atoms with van der Waals surface area (Å²) in [6.45, 7) is 0.0267. The van der Waals surface area contributed by atoms with Crippen molar-refractivity contribution in [3.8, 4) is 0 Å². The van der Waals surface area contributed by atoms with Crippen LogP contribution in [-0.2, 0) is 10.0 Å². The van der Waals surface area contributed by atoms with Crippen molar-refractivity contribution in [1.29, 1.82) is 0 Å². The van der Waals surface area contributed by atoms with Crippen LogP contribution < -0.4 is 0 Å². The molecule has 0 aliphatic carbocycles. The van der Waals surface area contributed by atoms with Gasteiger partial charge < -0.3 is 5.11 Å². The first-order chi connectivity index (χ1) is 9.37. The van der Waals surface area contributed by atoms with E-state index in [1.54, 1.807) is 0 Å². The van der Waals surface area contributed by atoms with E-state index in [0.29, 0.717) is 19.4 Å². The predicted octanol–water partition coefficient (Wildman–Crippen LogP) is 1.39. The van der Waals surface area contributed by atoms with Gasteiger partial charge in [-0.05, 0) is 25.0 Å². The second-order valence-corrected chi connectivity index (χ2v) is 6.76. The number of aliphatic hydroxyl groups excluding tert-OH is 1. The van der Waals surface area contributed by atoms with Crippen LogP contribution in [0.15, 0.2) is 23.1 Å². The monoisotopic (exact) mass is 320 g/mol. The van der Waals surface area contributed by atoms with Gasteiger partial charge in [0.25, 0.3) is 5.69 Å². The Kier molecular flexibility index (Phi) is 4.28. The highest BCUT2D eigenvalue weighted by Crippen LogP contribution is 2.31. The van der Waals surface area contributed by atoms with Crippen LogP contribution in [0.1, 0.15) is 12.8 Å². The van der Waals surface area contributed by atoms with Crippen molar-refractivity contribution in [2.24, 2.45) is 0 Å². The van der Waals surface area contributed by atoms with Crippen molar-refractivity contribution in [3.63, 3.8) is 0 Å². The van der Waals surface area contributed by atoms with Gasteiger partial charge in [0.05, 0.1) is 16.4 Å². The Balaban J connectivity index is 2.44. The molecule has 0 amide bonds. The zero-order valence-electron chi connectivity index (χ0n) is 10.4. The van der Waals surface area contributed by atoms with E-state index >= 15 is 0 Å². The first kappa shape index (κ1) is 15.2. The molecule has 0 bridgehead atoms. The van der Waals surface area contributed by atoms with Gasteiger partial charge in [0.15, 0.2) is 0 Å². The van der Waals surface area contributed by atoms with Crippen molar-refractivity contribution in [1.82, 2.24) is 4.31 Å². The fraction of sp³-hybridized carbons (Fsp3) is 0.455. The molecule has 0 saturated carbocycles. The fourth-order valence-electron chi connectivity index (χ4n) is 2.24. The second kappa shape index (κ2) is 5.65. The summed E-state index contributed by atoms with van der Waals surface area (Å²) < 4.78 is 26.1. The molecule has 1 fully saturated rings. The van der Waals surface area contributed by atoms with E-state index in [1.165, 1.54) is 16.4 Å². The minimum Gasteiger partial charge on any atom is -0.395 e. The Bertz CT molecular complexity index is 634. The summed E-state index contributed by atoms with van der Waals surface area (Å²) in [4.78, 5) is 9.90. The van der Waals surface area contributed by atoms with Crippen molar-refractivity contribution < 1.29 is 18.4 Å². The number of benzene rings is 1. The number of nitrogens with zero attached hydrogens (tertiary/aromatic N) is 2. The molecule has 0 aromatic heterocycles. The number of sulfonamides is 1. The largest absolute Gasteiger partial charge is 0.395 e. The molecule has 1 heterocycles. The normalized spacial score (nSPS) is 20.2. The number of aliphatic hydroxyl groups is 1. The Labute approximate surface area is 121 Å². The highest BCUT2D eigenvalue weighted by atomic mass is 35.5. The molecular formula is C11H13ClN2O5S. The molecule has 1 aromatic rings. The molecule has 2 rings (SSSR count). The molecule has 110 valence electrons. The fourth-order valence-corrected chi connectivity index (χ4v) is 4.13. The van der Waals surface area contributed by atoms with Crippen molar-refractivity contribution >= 4 is 27.3 Å². The van der Waals surface area contributed by atoms with E-state index in [4.69, 9.17) is 11.6 Å². The molecule has 0 radical (unpaired) electrons. The highest BCUT2D eigenvalue weighted by Gasteiger charge is 2.35. The summed E-state index contributed by atoms with van der Waals surface area (Å²) in [5.41, 5.74) is -0.451. The number of nitro benzene ring substituents is 1. The summed E-state index contributed by atoms with van der Waals surface area (Å²) in [7, 11) is -3.86. The lowest BCUT2D eigenvalue weighted by Gasteiger charge is -2.22. The van der Waals surface area contributed by atoms with Crippen LogP contribution in [0.3, 0.4) is 0 Å². The standard InChI is InChI=1S/C11H13ClN2O5S/c12-10-4-3-9(6-11(10)14(16)17)20(18,19)13-5-1-2-8(13)7-15/h3-4,6,8,15H,1-2,5,7H2/t8-/m1/s1. The third-order valence-electron chi connectivity index (χ3n) is 3.25. The minimum atomic E-state index is -3.86. The number of hydrogen-bond acceptors (Lipinski definition) is 5. The lowest BCUT2D eigenvalue weighted by molar-refractivity contribution is -0.384. The van der Waals surface area contributed by atoms with Crippen molar-refractivity contribution in [3.05, 3.63) is 33.3 Å². The van der Waals surface area contributed by atoms with Crippen LogP contribution in [0.25, 0.3) is 0 Å². The van der Waals surface area contributed by atoms with E-state index in [-0.39, 0.29) is 16.5 Å². The van der Waals surface area contributed by atoms with Gasteiger partial charge in [-0.2, -0.15) is 4.31 Å². The second-order valence-electron chi connectivity index (χ2n) is 4.46. The molecule has 1 saturated heterocycles. The van der Waals surface area contributed by atoms with Crippen molar-refractivity contribution in [2.45, 2.75) is 23.8 Å². The van der Waals surface area contributed by atoms with E-state index < -0.39 is 26.7 Å². The third kappa shape index (κ3) is 2.64. The molecule has 1 atom stereocenters. The van der Waals surface area contributed by atoms with Gasteiger partial charge in [0, 0.05) is 18.7 Å². The number of halogens is 1. The first-order valence-corrected chi connectivity index (χ1v) is 7.76. The average Bonchev–Trinajstić information content (AvgIpc) is 2.87. The van der Waals surface area contributed by atoms with Crippen LogP contribution in [0, 0.1) is 10.1 Å². The number of hydrogen-bond donors (Lipinski definition) is 1. The Morgan fingerprint density at radius 3 is 2.80 bits per heavy atom. The molecule has 1 N–H and O–H groups in total. The molecule has 20 heavy (non-hydrogen) atoms. The minimum absolute atomic E-state index is 0.117. The van der Waals surface area contributed by atoms with Crippen LogP contribution >= 0.6 is 11.6 Å². The third-order valence-corrected chi connectivity index (χ3v) is 5.52. The van der Waals surface area contributed by atoms with E-state index in [1.807, 2.05) is 0 Å². The van der Waals surface area contributed by atoms with Gasteiger partial charge in [0.1, 0.15) is 5.02 Å². The van der Waals surface area contributed by atoms with Gasteiger partial charge in [0.2, 0.25) is 10.0 Å². The van der Waals surface area contributed by atoms with E-state index in [9.17, 15) is 23.6 Å². The van der Waals surface area contributed by atoms with Crippen LogP contribution in [0.2, 0.25) is 5.02 Å². The smallest absolute Gasteiger partial charge is 0.289 e. The zero-order valence-corrected chi connectivity index (χ0v) is 12.0. The summed E-state index contributed by atoms with van der Waals surface area (Å²) in [5, 5.41) is 19.9. The van der Waals surface area contributed by atoms with E-state index in [0.717, 1.165) is 6.07 Å². The van der Waals surface area contributed by atoms with Gasteiger partial charge in [-0.1, -0.05) is 11.6 Å². The van der Waals surface area contributed by atoms with E-state index in [2.05, 4.69) is 0 Å². The maximum atomic E-state index is 12.4. The molecule has 7 nitrogen and oxygen atoms in total. The topological polar surface area (TPSA) is 101 Å². The SMILES string of the molecule is O=[N+]([O-])c1cc(S(=O)(=O)N2CCC[C@@H]2CO)ccc1Cl. The quantitative estimate of drug-likeness (QED) is 0.667. The molecule has 0 spiro atoms. The maximum absolute atomic E-state index is 12.4. The highest BCUT2D eigenvalue weighted by molar-refractivity contribution is 7.89. The summed E-state index contributed by atoms with van der Waals surface area (Å²) in [5.74, 6) is 0.